The average Bonchev–Trinajstić information content (AvgIpc) is 1.86. The summed E-state index contributed by atoms with van der Waals surface area (Å²) in [6.45, 7) is 2.85. The number of hydrogen-bond donors (Lipinski definition) is 0. The van der Waals surface area contributed by atoms with Gasteiger partial charge >= 0.3 is 0 Å². The number of nitrogens with zero attached hydrogens (tertiary/aromatic N) is 1. The fourth-order valence-electron chi connectivity index (χ4n) is 1.19. The molecule has 0 saturated carbocycles. The second-order valence-electron chi connectivity index (χ2n) is 2.89. The zero-order chi connectivity index (χ0) is 6.20. The lowest BCUT2D eigenvalue weighted by molar-refractivity contribution is -0.870. The first-order chi connectivity index (χ1) is 3.63. The monoisotopic (exact) mass is 115 g/mol. The van der Waals surface area contributed by atoms with Crippen molar-refractivity contribution >= 4 is 0 Å². The third kappa shape index (κ3) is 0.858. The van der Waals surface area contributed by atoms with Crippen LogP contribution in [-0.2, 0) is 0 Å². The number of rotatable bonds is 0. The molecule has 1 aliphatic rings. The van der Waals surface area contributed by atoms with Gasteiger partial charge in [0, 0.05) is 12.8 Å². The van der Waals surface area contributed by atoms with E-state index in [9.17, 15) is 5.21 Å². The molecule has 0 aromatic carbocycles. The Morgan fingerprint density at radius 3 is 2.38 bits per heavy atom. The van der Waals surface area contributed by atoms with E-state index in [1.165, 1.54) is 0 Å². The van der Waals surface area contributed by atoms with Crippen LogP contribution >= 0.6 is 0 Å². The van der Waals surface area contributed by atoms with Crippen LogP contribution in [0.3, 0.4) is 0 Å². The SMILES string of the molecule is CC1CCC[N+]1(C)[O-]. The summed E-state index contributed by atoms with van der Waals surface area (Å²) < 4.78 is -0.0139. The molecule has 2 nitrogen and oxygen atoms in total. The third-order valence-electron chi connectivity index (χ3n) is 2.16. The van der Waals surface area contributed by atoms with Crippen LogP contribution in [0.15, 0.2) is 0 Å². The minimum atomic E-state index is -0.0139. The van der Waals surface area contributed by atoms with E-state index in [2.05, 4.69) is 0 Å². The molecule has 0 amide bonds. The lowest BCUT2D eigenvalue weighted by Gasteiger charge is -2.38. The molecule has 0 spiro atoms. The number of hydroxylamine groups is 3. The normalized spacial score (nSPS) is 47.6. The van der Waals surface area contributed by atoms with Gasteiger partial charge in [0.1, 0.15) is 0 Å². The first kappa shape index (κ1) is 6.05. The zero-order valence-corrected chi connectivity index (χ0v) is 5.55. The summed E-state index contributed by atoms with van der Waals surface area (Å²) in [5, 5.41) is 11.2. The summed E-state index contributed by atoms with van der Waals surface area (Å²) in [5.41, 5.74) is 0. The largest absolute Gasteiger partial charge is 0.633 e. The van der Waals surface area contributed by atoms with Gasteiger partial charge in [-0.15, -0.1) is 0 Å². The van der Waals surface area contributed by atoms with Crippen molar-refractivity contribution in [2.24, 2.45) is 0 Å². The molecule has 0 N–H and O–H groups in total. The van der Waals surface area contributed by atoms with E-state index in [1.54, 1.807) is 7.05 Å². The standard InChI is InChI=1S/C6H13NO/c1-6-4-3-5-7(6,2)8/h6H,3-5H2,1-2H3. The predicted octanol–water partition coefficient (Wildman–Crippen LogP) is 1.11. The molecule has 1 aliphatic heterocycles. The average molecular weight is 115 g/mol. The van der Waals surface area contributed by atoms with Gasteiger partial charge in [-0.1, -0.05) is 0 Å². The van der Waals surface area contributed by atoms with Crippen molar-refractivity contribution in [1.29, 1.82) is 0 Å². The van der Waals surface area contributed by atoms with E-state index in [0.717, 1.165) is 19.4 Å². The van der Waals surface area contributed by atoms with Gasteiger partial charge in [-0.2, -0.15) is 0 Å². The van der Waals surface area contributed by atoms with Gasteiger partial charge in [0.25, 0.3) is 0 Å². The molecule has 0 bridgehead atoms. The van der Waals surface area contributed by atoms with E-state index >= 15 is 0 Å². The summed E-state index contributed by atoms with van der Waals surface area (Å²) in [5.74, 6) is 0. The van der Waals surface area contributed by atoms with Crippen molar-refractivity contribution < 1.29 is 4.65 Å². The van der Waals surface area contributed by atoms with E-state index in [-0.39, 0.29) is 4.65 Å². The molecule has 2 atom stereocenters. The zero-order valence-electron chi connectivity index (χ0n) is 5.55. The lowest BCUT2D eigenvalue weighted by Crippen LogP contribution is -2.39. The minimum absolute atomic E-state index is 0.0139. The van der Waals surface area contributed by atoms with Crippen molar-refractivity contribution in [3.05, 3.63) is 5.21 Å². The van der Waals surface area contributed by atoms with Gasteiger partial charge in [0.15, 0.2) is 0 Å². The molecule has 2 unspecified atom stereocenters. The molecular formula is C6H13NO. The van der Waals surface area contributed by atoms with Crippen LogP contribution < -0.4 is 0 Å². The molecular weight excluding hydrogens is 102 g/mol. The van der Waals surface area contributed by atoms with Crippen LogP contribution in [0, 0.1) is 5.21 Å². The topological polar surface area (TPSA) is 23.1 Å². The molecule has 0 aromatic rings. The maximum Gasteiger partial charge on any atom is 0.0859 e. The fourth-order valence-corrected chi connectivity index (χ4v) is 1.19. The molecule has 8 heavy (non-hydrogen) atoms. The Kier molecular flexibility index (Phi) is 1.29. The molecule has 1 fully saturated rings. The number of hydrogen-bond acceptors (Lipinski definition) is 1. The Morgan fingerprint density at radius 1 is 1.62 bits per heavy atom. The van der Waals surface area contributed by atoms with Crippen LogP contribution in [0.2, 0.25) is 0 Å². The van der Waals surface area contributed by atoms with Crippen molar-refractivity contribution in [2.75, 3.05) is 13.6 Å². The summed E-state index contributed by atoms with van der Waals surface area (Å²) in [4.78, 5) is 0. The molecule has 0 radical (unpaired) electrons. The van der Waals surface area contributed by atoms with Gasteiger partial charge in [0.05, 0.1) is 19.6 Å². The summed E-state index contributed by atoms with van der Waals surface area (Å²) in [7, 11) is 1.76. The maximum absolute atomic E-state index is 11.2. The first-order valence-corrected chi connectivity index (χ1v) is 3.19. The van der Waals surface area contributed by atoms with Crippen LogP contribution in [-0.4, -0.2) is 24.3 Å². The molecule has 1 heterocycles. The van der Waals surface area contributed by atoms with Crippen molar-refractivity contribution in [3.8, 4) is 0 Å². The number of likely N-dealkylation sites (tertiary alicyclic amines) is 1. The predicted molar refractivity (Wildman–Crippen MR) is 33.1 cm³/mol. The second-order valence-corrected chi connectivity index (χ2v) is 2.89. The fraction of sp³-hybridized carbons (Fsp3) is 1.00. The lowest BCUT2D eigenvalue weighted by atomic mass is 10.2. The van der Waals surface area contributed by atoms with E-state index in [4.69, 9.17) is 0 Å². The quantitative estimate of drug-likeness (QED) is 0.342. The Hall–Kier alpha value is -0.0800. The van der Waals surface area contributed by atoms with E-state index in [0.29, 0.717) is 6.04 Å². The Balaban J connectivity index is 2.54. The second kappa shape index (κ2) is 1.71. The molecule has 48 valence electrons. The van der Waals surface area contributed by atoms with Gasteiger partial charge in [-0.05, 0) is 6.92 Å². The van der Waals surface area contributed by atoms with Crippen molar-refractivity contribution in [1.82, 2.24) is 0 Å². The smallest absolute Gasteiger partial charge is 0.0859 e. The summed E-state index contributed by atoms with van der Waals surface area (Å²) in [6.07, 6.45) is 2.22. The maximum atomic E-state index is 11.2. The molecule has 2 heteroatoms. The van der Waals surface area contributed by atoms with Crippen molar-refractivity contribution in [2.45, 2.75) is 25.8 Å². The molecule has 0 aromatic heterocycles. The van der Waals surface area contributed by atoms with Crippen LogP contribution in [0.4, 0.5) is 0 Å². The van der Waals surface area contributed by atoms with Gasteiger partial charge in [0.2, 0.25) is 0 Å². The molecule has 1 saturated heterocycles. The summed E-state index contributed by atoms with van der Waals surface area (Å²) in [6, 6.07) is 0.343. The van der Waals surface area contributed by atoms with Crippen LogP contribution in [0.5, 0.6) is 0 Å². The molecule has 0 aliphatic carbocycles. The van der Waals surface area contributed by atoms with Gasteiger partial charge in [-0.25, -0.2) is 0 Å². The first-order valence-electron chi connectivity index (χ1n) is 3.19. The van der Waals surface area contributed by atoms with E-state index < -0.39 is 0 Å². The van der Waals surface area contributed by atoms with E-state index in [1.807, 2.05) is 6.92 Å². The van der Waals surface area contributed by atoms with Crippen LogP contribution in [0.1, 0.15) is 19.8 Å². The Labute approximate surface area is 50.3 Å². The van der Waals surface area contributed by atoms with Gasteiger partial charge in [-0.3, -0.25) is 0 Å². The third-order valence-corrected chi connectivity index (χ3v) is 2.16. The highest BCUT2D eigenvalue weighted by molar-refractivity contribution is 4.60. The van der Waals surface area contributed by atoms with Crippen LogP contribution in [0.25, 0.3) is 0 Å². The minimum Gasteiger partial charge on any atom is -0.633 e. The molecule has 1 rings (SSSR count). The Bertz CT molecular complexity index is 90.5. The highest BCUT2D eigenvalue weighted by Gasteiger charge is 2.25. The summed E-state index contributed by atoms with van der Waals surface area (Å²) >= 11 is 0. The highest BCUT2D eigenvalue weighted by atomic mass is 16.5. The number of quaternary nitrogens is 1. The van der Waals surface area contributed by atoms with Gasteiger partial charge < -0.3 is 9.85 Å². The highest BCUT2D eigenvalue weighted by Crippen LogP contribution is 2.21. The van der Waals surface area contributed by atoms with Crippen molar-refractivity contribution in [3.63, 3.8) is 0 Å². The Morgan fingerprint density at radius 2 is 2.25 bits per heavy atom.